The van der Waals surface area contributed by atoms with Crippen molar-refractivity contribution in [1.82, 2.24) is 24.3 Å². The Hall–Kier alpha value is -3.22. The molecule has 2 aromatic heterocycles. The van der Waals surface area contributed by atoms with Gasteiger partial charge in [-0.1, -0.05) is 12.1 Å². The molecule has 1 aliphatic rings. The van der Waals surface area contributed by atoms with Crippen molar-refractivity contribution in [1.29, 1.82) is 0 Å². The molecule has 1 atom stereocenters. The monoisotopic (exact) mass is 433 g/mol. The maximum absolute atomic E-state index is 13.4. The smallest absolute Gasteiger partial charge is 0.271 e. The number of pyridine rings is 1. The van der Waals surface area contributed by atoms with Gasteiger partial charge in [0.2, 0.25) is 0 Å². The summed E-state index contributed by atoms with van der Waals surface area (Å²) < 4.78 is 2.31. The van der Waals surface area contributed by atoms with Gasteiger partial charge in [0.15, 0.2) is 0 Å². The van der Waals surface area contributed by atoms with Crippen molar-refractivity contribution in [2.45, 2.75) is 45.6 Å². The highest BCUT2D eigenvalue weighted by molar-refractivity contribution is 5.97. The molecule has 2 amide bonds. The Kier molecular flexibility index (Phi) is 6.00. The van der Waals surface area contributed by atoms with E-state index >= 15 is 0 Å². The molecular formula is C25H31N5O2. The van der Waals surface area contributed by atoms with Crippen molar-refractivity contribution in [2.24, 2.45) is 0 Å². The molecule has 0 bridgehead atoms. The number of aryl methyl sites for hydroxylation is 1. The van der Waals surface area contributed by atoms with Gasteiger partial charge in [0, 0.05) is 39.1 Å². The second-order valence-electron chi connectivity index (χ2n) is 9.04. The number of piperidine rings is 1. The summed E-state index contributed by atoms with van der Waals surface area (Å²) in [5.41, 5.74) is 3.63. The van der Waals surface area contributed by atoms with E-state index in [0.717, 1.165) is 36.2 Å². The Morgan fingerprint density at radius 1 is 1.09 bits per heavy atom. The standard InChI is InChI=1S/C25H31N5O2/c1-16(2)30-22-11-7-6-10-20(22)27-23(30)18-9-8-14-29(15-18)24(31)19-12-13-21(26-17(19)3)25(32)28(4)5/h6-7,10-13,16,18H,8-9,14-15H2,1-5H3. The van der Waals surface area contributed by atoms with E-state index in [1.165, 1.54) is 4.90 Å². The lowest BCUT2D eigenvalue weighted by atomic mass is 9.96. The van der Waals surface area contributed by atoms with Gasteiger partial charge in [-0.05, 0) is 57.9 Å². The zero-order valence-electron chi connectivity index (χ0n) is 19.5. The number of carbonyl (C=O) groups is 2. The fourth-order valence-electron chi connectivity index (χ4n) is 4.57. The number of nitrogens with zero attached hydrogens (tertiary/aromatic N) is 5. The van der Waals surface area contributed by atoms with Crippen LogP contribution < -0.4 is 0 Å². The lowest BCUT2D eigenvalue weighted by Gasteiger charge is -2.33. The van der Waals surface area contributed by atoms with E-state index in [1.807, 2.05) is 17.0 Å². The van der Waals surface area contributed by atoms with Crippen LogP contribution in [0.15, 0.2) is 36.4 Å². The molecule has 0 spiro atoms. The highest BCUT2D eigenvalue weighted by atomic mass is 16.2. The zero-order chi connectivity index (χ0) is 23.0. The molecule has 0 N–H and O–H groups in total. The summed E-state index contributed by atoms with van der Waals surface area (Å²) in [5.74, 6) is 1.04. The predicted molar refractivity (Wildman–Crippen MR) is 125 cm³/mol. The van der Waals surface area contributed by atoms with Crippen LogP contribution in [0, 0.1) is 6.92 Å². The molecule has 1 unspecified atom stereocenters. The highest BCUT2D eigenvalue weighted by Gasteiger charge is 2.30. The van der Waals surface area contributed by atoms with E-state index in [0.29, 0.717) is 23.5 Å². The van der Waals surface area contributed by atoms with Crippen LogP contribution in [-0.4, -0.2) is 63.3 Å². The number of rotatable bonds is 4. The third-order valence-electron chi connectivity index (χ3n) is 6.15. The SMILES string of the molecule is Cc1nc(C(=O)N(C)C)ccc1C(=O)N1CCCC(c2nc3ccccc3n2C(C)C)C1. The van der Waals surface area contributed by atoms with Gasteiger partial charge in [-0.3, -0.25) is 9.59 Å². The highest BCUT2D eigenvalue weighted by Crippen LogP contribution is 2.32. The van der Waals surface area contributed by atoms with Crippen molar-refractivity contribution in [3.63, 3.8) is 0 Å². The number of hydrogen-bond donors (Lipinski definition) is 0. The number of para-hydroxylation sites is 2. The first-order valence-electron chi connectivity index (χ1n) is 11.2. The van der Waals surface area contributed by atoms with Crippen molar-refractivity contribution in [3.8, 4) is 0 Å². The number of aromatic nitrogens is 3. The van der Waals surface area contributed by atoms with Crippen molar-refractivity contribution in [3.05, 3.63) is 59.2 Å². The van der Waals surface area contributed by atoms with E-state index in [-0.39, 0.29) is 23.8 Å². The largest absolute Gasteiger partial charge is 0.343 e. The first kappa shape index (κ1) is 22.0. The van der Waals surface area contributed by atoms with Crippen molar-refractivity contribution < 1.29 is 9.59 Å². The third-order valence-corrected chi connectivity index (χ3v) is 6.15. The average Bonchev–Trinajstić information content (AvgIpc) is 3.18. The van der Waals surface area contributed by atoms with Crippen LogP contribution in [0.2, 0.25) is 0 Å². The summed E-state index contributed by atoms with van der Waals surface area (Å²) in [5, 5.41) is 0. The summed E-state index contributed by atoms with van der Waals surface area (Å²) >= 11 is 0. The fraction of sp³-hybridized carbons (Fsp3) is 0.440. The number of likely N-dealkylation sites (tertiary alicyclic amines) is 1. The van der Waals surface area contributed by atoms with E-state index in [4.69, 9.17) is 4.98 Å². The maximum atomic E-state index is 13.4. The number of carbonyl (C=O) groups excluding carboxylic acids is 2. The minimum atomic E-state index is -0.169. The minimum Gasteiger partial charge on any atom is -0.343 e. The molecule has 0 radical (unpaired) electrons. The van der Waals surface area contributed by atoms with Crippen LogP contribution in [0.4, 0.5) is 0 Å². The molecule has 7 nitrogen and oxygen atoms in total. The minimum absolute atomic E-state index is 0.0317. The van der Waals surface area contributed by atoms with Crippen LogP contribution in [0.25, 0.3) is 11.0 Å². The van der Waals surface area contributed by atoms with Crippen LogP contribution in [0.5, 0.6) is 0 Å². The van der Waals surface area contributed by atoms with E-state index < -0.39 is 0 Å². The molecule has 3 aromatic rings. The molecular weight excluding hydrogens is 402 g/mol. The van der Waals surface area contributed by atoms with E-state index in [2.05, 4.69) is 35.5 Å². The summed E-state index contributed by atoms with van der Waals surface area (Å²) in [7, 11) is 3.38. The van der Waals surface area contributed by atoms with Gasteiger partial charge < -0.3 is 14.4 Å². The lowest BCUT2D eigenvalue weighted by Crippen LogP contribution is -2.40. The van der Waals surface area contributed by atoms with Gasteiger partial charge in [-0.25, -0.2) is 9.97 Å². The lowest BCUT2D eigenvalue weighted by molar-refractivity contribution is 0.0700. The number of imidazole rings is 1. The molecule has 0 aliphatic carbocycles. The number of amides is 2. The molecule has 7 heteroatoms. The summed E-state index contributed by atoms with van der Waals surface area (Å²) in [6.07, 6.45) is 1.94. The second kappa shape index (κ2) is 8.73. The molecule has 4 rings (SSSR count). The Labute approximate surface area is 189 Å². The van der Waals surface area contributed by atoms with Crippen molar-refractivity contribution in [2.75, 3.05) is 27.2 Å². The van der Waals surface area contributed by atoms with Gasteiger partial charge in [0.1, 0.15) is 11.5 Å². The molecule has 1 fully saturated rings. The molecule has 1 aliphatic heterocycles. The molecule has 3 heterocycles. The van der Waals surface area contributed by atoms with Gasteiger partial charge in [-0.15, -0.1) is 0 Å². The predicted octanol–water partition coefficient (Wildman–Crippen LogP) is 4.04. The van der Waals surface area contributed by atoms with Crippen LogP contribution in [0.3, 0.4) is 0 Å². The zero-order valence-corrected chi connectivity index (χ0v) is 19.5. The summed E-state index contributed by atoms with van der Waals surface area (Å²) in [4.78, 5) is 38.3. The van der Waals surface area contributed by atoms with Gasteiger partial charge in [0.25, 0.3) is 11.8 Å². The number of benzene rings is 1. The molecule has 1 saturated heterocycles. The first-order valence-corrected chi connectivity index (χ1v) is 11.2. The Morgan fingerprint density at radius 3 is 2.53 bits per heavy atom. The first-order chi connectivity index (χ1) is 15.3. The van der Waals surface area contributed by atoms with Gasteiger partial charge in [0.05, 0.1) is 22.3 Å². The van der Waals surface area contributed by atoms with Crippen molar-refractivity contribution >= 4 is 22.8 Å². The van der Waals surface area contributed by atoms with E-state index in [9.17, 15) is 9.59 Å². The normalized spacial score (nSPS) is 16.6. The third kappa shape index (κ3) is 3.99. The van der Waals surface area contributed by atoms with Crippen LogP contribution in [-0.2, 0) is 0 Å². The number of hydrogen-bond acceptors (Lipinski definition) is 4. The molecule has 1 aromatic carbocycles. The Morgan fingerprint density at radius 2 is 1.84 bits per heavy atom. The summed E-state index contributed by atoms with van der Waals surface area (Å²) in [6, 6.07) is 11.9. The molecule has 32 heavy (non-hydrogen) atoms. The molecule has 0 saturated carbocycles. The average molecular weight is 434 g/mol. The van der Waals surface area contributed by atoms with Crippen LogP contribution in [0.1, 0.15) is 71.0 Å². The van der Waals surface area contributed by atoms with Gasteiger partial charge >= 0.3 is 0 Å². The second-order valence-corrected chi connectivity index (χ2v) is 9.04. The quantitative estimate of drug-likeness (QED) is 0.623. The molecule has 168 valence electrons. The topological polar surface area (TPSA) is 71.3 Å². The van der Waals surface area contributed by atoms with Gasteiger partial charge in [-0.2, -0.15) is 0 Å². The Bertz CT molecular complexity index is 1160. The number of fused-ring (bicyclic) bond motifs is 1. The van der Waals surface area contributed by atoms with E-state index in [1.54, 1.807) is 33.2 Å². The van der Waals surface area contributed by atoms with Crippen LogP contribution >= 0.6 is 0 Å². The fourth-order valence-corrected chi connectivity index (χ4v) is 4.57. The Balaban J connectivity index is 1.60. The maximum Gasteiger partial charge on any atom is 0.271 e. The summed E-state index contributed by atoms with van der Waals surface area (Å²) in [6.45, 7) is 7.49.